The van der Waals surface area contributed by atoms with Crippen LogP contribution >= 0.6 is 0 Å². The number of anilines is 2. The smallest absolute Gasteiger partial charge is 0.322 e. The highest BCUT2D eigenvalue weighted by Gasteiger charge is 2.25. The monoisotopic (exact) mass is 331 g/mol. The number of hydrogen-bond donors (Lipinski definition) is 1. The van der Waals surface area contributed by atoms with Crippen LogP contribution < -0.4 is 15.0 Å². The molecule has 1 aromatic rings. The van der Waals surface area contributed by atoms with E-state index in [4.69, 9.17) is 4.74 Å². The van der Waals surface area contributed by atoms with E-state index in [2.05, 4.69) is 11.9 Å². The Balaban J connectivity index is 2.20. The second-order valence-electron chi connectivity index (χ2n) is 5.94. The van der Waals surface area contributed by atoms with Gasteiger partial charge < -0.3 is 19.9 Å². The Hall–Kier alpha value is -2.50. The summed E-state index contributed by atoms with van der Waals surface area (Å²) >= 11 is 0. The fraction of sp³-hybridized carbons (Fsp3) is 0.444. The summed E-state index contributed by atoms with van der Waals surface area (Å²) in [4.78, 5) is 27.8. The molecule has 0 unspecified atom stereocenters. The summed E-state index contributed by atoms with van der Waals surface area (Å²) in [6, 6.07) is 5.14. The zero-order valence-corrected chi connectivity index (χ0v) is 14.6. The molecule has 130 valence electrons. The summed E-state index contributed by atoms with van der Waals surface area (Å²) in [5.41, 5.74) is 2.25. The standard InChI is InChI=1S/C18H25N3O3/c1-5-20(12-13(2)3)18(23)19-14-8-9-16(24-4)15(11-14)21-10-6-7-17(21)22/h8-9,11H,2,5-7,10,12H2,1,3-4H3,(H,19,23). The molecule has 1 aliphatic heterocycles. The number of amides is 3. The van der Waals surface area contributed by atoms with E-state index < -0.39 is 0 Å². The highest BCUT2D eigenvalue weighted by atomic mass is 16.5. The van der Waals surface area contributed by atoms with Gasteiger partial charge in [0, 0.05) is 31.7 Å². The molecule has 1 fully saturated rings. The number of rotatable bonds is 6. The molecule has 0 radical (unpaired) electrons. The average molecular weight is 331 g/mol. The Kier molecular flexibility index (Phi) is 5.84. The third-order valence-electron chi connectivity index (χ3n) is 3.92. The minimum absolute atomic E-state index is 0.0780. The molecule has 3 amide bonds. The Labute approximate surface area is 143 Å². The van der Waals surface area contributed by atoms with Gasteiger partial charge in [-0.25, -0.2) is 4.79 Å². The molecule has 0 aliphatic carbocycles. The summed E-state index contributed by atoms with van der Waals surface area (Å²) in [5.74, 6) is 0.701. The molecule has 6 nitrogen and oxygen atoms in total. The Morgan fingerprint density at radius 2 is 2.21 bits per heavy atom. The molecular weight excluding hydrogens is 306 g/mol. The van der Waals surface area contributed by atoms with Gasteiger partial charge in [-0.3, -0.25) is 4.79 Å². The zero-order valence-electron chi connectivity index (χ0n) is 14.6. The lowest BCUT2D eigenvalue weighted by molar-refractivity contribution is -0.117. The molecule has 1 aromatic carbocycles. The Morgan fingerprint density at radius 3 is 2.75 bits per heavy atom. The van der Waals surface area contributed by atoms with E-state index in [0.29, 0.717) is 43.2 Å². The molecule has 1 saturated heterocycles. The Bertz CT molecular complexity index is 642. The fourth-order valence-corrected chi connectivity index (χ4v) is 2.74. The van der Waals surface area contributed by atoms with Crippen molar-refractivity contribution in [3.8, 4) is 5.75 Å². The van der Waals surface area contributed by atoms with Gasteiger partial charge in [-0.05, 0) is 38.5 Å². The van der Waals surface area contributed by atoms with Crippen LogP contribution in [-0.2, 0) is 4.79 Å². The van der Waals surface area contributed by atoms with Crippen LogP contribution in [0.15, 0.2) is 30.4 Å². The molecule has 24 heavy (non-hydrogen) atoms. The van der Waals surface area contributed by atoms with Gasteiger partial charge in [0.25, 0.3) is 0 Å². The third-order valence-corrected chi connectivity index (χ3v) is 3.92. The number of carbonyl (C=O) groups is 2. The van der Waals surface area contributed by atoms with Gasteiger partial charge in [0.1, 0.15) is 5.75 Å². The molecule has 0 atom stereocenters. The van der Waals surface area contributed by atoms with Crippen molar-refractivity contribution in [2.75, 3.05) is 37.0 Å². The van der Waals surface area contributed by atoms with Gasteiger partial charge in [-0.1, -0.05) is 12.2 Å². The first-order valence-electron chi connectivity index (χ1n) is 8.15. The lowest BCUT2D eigenvalue weighted by Gasteiger charge is -2.23. The van der Waals surface area contributed by atoms with Crippen LogP contribution in [0.2, 0.25) is 0 Å². The van der Waals surface area contributed by atoms with Crippen molar-refractivity contribution in [3.05, 3.63) is 30.4 Å². The van der Waals surface area contributed by atoms with E-state index >= 15 is 0 Å². The van der Waals surface area contributed by atoms with Gasteiger partial charge in [0.05, 0.1) is 12.8 Å². The molecule has 2 rings (SSSR count). The van der Waals surface area contributed by atoms with Crippen molar-refractivity contribution in [3.63, 3.8) is 0 Å². The molecule has 0 saturated carbocycles. The van der Waals surface area contributed by atoms with E-state index in [0.717, 1.165) is 12.0 Å². The number of urea groups is 1. The highest BCUT2D eigenvalue weighted by molar-refractivity contribution is 5.98. The zero-order chi connectivity index (χ0) is 17.7. The fourth-order valence-electron chi connectivity index (χ4n) is 2.74. The number of nitrogens with zero attached hydrogens (tertiary/aromatic N) is 2. The van der Waals surface area contributed by atoms with Gasteiger partial charge >= 0.3 is 6.03 Å². The largest absolute Gasteiger partial charge is 0.495 e. The highest BCUT2D eigenvalue weighted by Crippen LogP contribution is 2.34. The van der Waals surface area contributed by atoms with Crippen LogP contribution in [0.1, 0.15) is 26.7 Å². The first-order chi connectivity index (χ1) is 11.5. The molecule has 6 heteroatoms. The van der Waals surface area contributed by atoms with Crippen LogP contribution in [0.3, 0.4) is 0 Å². The Morgan fingerprint density at radius 1 is 1.46 bits per heavy atom. The second-order valence-corrected chi connectivity index (χ2v) is 5.94. The van der Waals surface area contributed by atoms with Crippen molar-refractivity contribution >= 4 is 23.3 Å². The molecule has 1 aliphatic rings. The maximum Gasteiger partial charge on any atom is 0.322 e. The molecular formula is C18H25N3O3. The van der Waals surface area contributed by atoms with E-state index in [1.54, 1.807) is 35.1 Å². The van der Waals surface area contributed by atoms with Crippen LogP contribution in [0, 0.1) is 0 Å². The molecule has 0 spiro atoms. The van der Waals surface area contributed by atoms with E-state index in [1.807, 2.05) is 13.8 Å². The first kappa shape index (κ1) is 17.8. The maximum absolute atomic E-state index is 12.4. The van der Waals surface area contributed by atoms with Crippen LogP contribution in [0.5, 0.6) is 5.75 Å². The third kappa shape index (κ3) is 4.07. The number of hydrogen-bond acceptors (Lipinski definition) is 3. The van der Waals surface area contributed by atoms with Gasteiger partial charge in [-0.2, -0.15) is 0 Å². The van der Waals surface area contributed by atoms with Crippen LogP contribution in [0.25, 0.3) is 0 Å². The average Bonchev–Trinajstić information content (AvgIpc) is 2.98. The molecule has 0 bridgehead atoms. The number of methoxy groups -OCH3 is 1. The predicted molar refractivity (Wildman–Crippen MR) is 95.7 cm³/mol. The van der Waals surface area contributed by atoms with Gasteiger partial charge in [0.2, 0.25) is 5.91 Å². The second kappa shape index (κ2) is 7.86. The number of nitrogens with one attached hydrogen (secondary N) is 1. The first-order valence-corrected chi connectivity index (χ1v) is 8.15. The van der Waals surface area contributed by atoms with E-state index in [9.17, 15) is 9.59 Å². The van der Waals surface area contributed by atoms with Crippen molar-refractivity contribution < 1.29 is 14.3 Å². The summed E-state index contributed by atoms with van der Waals surface area (Å²) in [5, 5.41) is 2.88. The number of ether oxygens (including phenoxy) is 1. The minimum atomic E-state index is -0.190. The van der Waals surface area contributed by atoms with Crippen molar-refractivity contribution in [2.45, 2.75) is 26.7 Å². The van der Waals surface area contributed by atoms with Crippen LogP contribution in [0.4, 0.5) is 16.2 Å². The SMILES string of the molecule is C=C(C)CN(CC)C(=O)Nc1ccc(OC)c(N2CCCC2=O)c1. The lowest BCUT2D eigenvalue weighted by atomic mass is 10.2. The van der Waals surface area contributed by atoms with E-state index in [1.165, 1.54) is 0 Å². The number of benzene rings is 1. The lowest BCUT2D eigenvalue weighted by Crippen LogP contribution is -2.35. The topological polar surface area (TPSA) is 61.9 Å². The normalized spacial score (nSPS) is 13.8. The van der Waals surface area contributed by atoms with Crippen LogP contribution in [-0.4, -0.2) is 43.6 Å². The number of likely N-dealkylation sites (N-methyl/N-ethyl adjacent to an activating group) is 1. The summed E-state index contributed by atoms with van der Waals surface area (Å²) < 4.78 is 5.36. The van der Waals surface area contributed by atoms with Crippen molar-refractivity contribution in [2.24, 2.45) is 0 Å². The minimum Gasteiger partial charge on any atom is -0.495 e. The number of carbonyl (C=O) groups excluding carboxylic acids is 2. The molecule has 1 heterocycles. The van der Waals surface area contributed by atoms with Gasteiger partial charge in [-0.15, -0.1) is 0 Å². The molecule has 1 N–H and O–H groups in total. The summed E-state index contributed by atoms with van der Waals surface area (Å²) in [6.45, 7) is 9.43. The predicted octanol–water partition coefficient (Wildman–Crippen LogP) is 3.25. The quantitative estimate of drug-likeness (QED) is 0.814. The summed E-state index contributed by atoms with van der Waals surface area (Å²) in [7, 11) is 1.57. The summed E-state index contributed by atoms with van der Waals surface area (Å²) in [6.07, 6.45) is 1.38. The molecule has 0 aromatic heterocycles. The van der Waals surface area contributed by atoms with Gasteiger partial charge in [0.15, 0.2) is 0 Å². The maximum atomic E-state index is 12.4. The van der Waals surface area contributed by atoms with E-state index in [-0.39, 0.29) is 11.9 Å². The van der Waals surface area contributed by atoms with Crippen molar-refractivity contribution in [1.29, 1.82) is 0 Å². The van der Waals surface area contributed by atoms with Crippen molar-refractivity contribution in [1.82, 2.24) is 4.90 Å².